The van der Waals surface area contributed by atoms with Crippen LogP contribution in [0.3, 0.4) is 0 Å². The van der Waals surface area contributed by atoms with E-state index >= 15 is 0 Å². The molecule has 0 aliphatic carbocycles. The van der Waals surface area contributed by atoms with E-state index in [9.17, 15) is 4.79 Å². The molecule has 1 aliphatic rings. The molecular weight excluding hydrogens is 138 g/mol. The molecule has 0 saturated carbocycles. The van der Waals surface area contributed by atoms with Crippen LogP contribution in [0.15, 0.2) is 12.7 Å². The number of hydrogen-bond acceptors (Lipinski definition) is 1. The van der Waals surface area contributed by atoms with Crippen molar-refractivity contribution in [3.05, 3.63) is 12.7 Å². The molecule has 62 valence electrons. The zero-order chi connectivity index (χ0) is 8.10. The normalized spacial score (nSPS) is 23.3. The second kappa shape index (κ2) is 4.16. The largest absolute Gasteiger partial charge is 0.356 e. The highest BCUT2D eigenvalue weighted by Gasteiger charge is 2.22. The maximum Gasteiger partial charge on any atom is 0.223 e. The van der Waals surface area contributed by atoms with Crippen molar-refractivity contribution in [1.82, 2.24) is 5.32 Å². The molecule has 0 aromatic carbocycles. The first-order valence-corrected chi connectivity index (χ1v) is 4.23. The first kappa shape index (κ1) is 8.31. The molecule has 1 heterocycles. The molecule has 0 aromatic rings. The van der Waals surface area contributed by atoms with E-state index in [1.807, 2.05) is 6.08 Å². The maximum atomic E-state index is 11.0. The van der Waals surface area contributed by atoms with Gasteiger partial charge in [-0.15, -0.1) is 6.58 Å². The highest BCUT2D eigenvalue weighted by Crippen LogP contribution is 2.16. The molecule has 11 heavy (non-hydrogen) atoms. The zero-order valence-electron chi connectivity index (χ0n) is 6.81. The highest BCUT2D eigenvalue weighted by molar-refractivity contribution is 5.80. The summed E-state index contributed by atoms with van der Waals surface area (Å²) in [7, 11) is 0. The first-order valence-electron chi connectivity index (χ1n) is 4.23. The Morgan fingerprint density at radius 2 is 2.55 bits per heavy atom. The van der Waals surface area contributed by atoms with Gasteiger partial charge in [0.1, 0.15) is 0 Å². The summed E-state index contributed by atoms with van der Waals surface area (Å²) in [5.74, 6) is 0.531. The van der Waals surface area contributed by atoms with Crippen molar-refractivity contribution in [3.63, 3.8) is 0 Å². The van der Waals surface area contributed by atoms with Gasteiger partial charge in [-0.05, 0) is 25.7 Å². The molecule has 1 saturated heterocycles. The average molecular weight is 153 g/mol. The van der Waals surface area contributed by atoms with Crippen molar-refractivity contribution in [1.29, 1.82) is 0 Å². The quantitative estimate of drug-likeness (QED) is 0.481. The number of nitrogens with one attached hydrogen (secondary N) is 1. The fourth-order valence-corrected chi connectivity index (χ4v) is 1.43. The van der Waals surface area contributed by atoms with Gasteiger partial charge in [-0.2, -0.15) is 0 Å². The van der Waals surface area contributed by atoms with Gasteiger partial charge >= 0.3 is 0 Å². The van der Waals surface area contributed by atoms with Gasteiger partial charge in [0, 0.05) is 12.5 Å². The molecule has 1 amide bonds. The Bertz CT molecular complexity index is 154. The Kier molecular flexibility index (Phi) is 3.14. The van der Waals surface area contributed by atoms with Crippen LogP contribution in [-0.2, 0) is 4.79 Å². The molecular formula is C9H15NO. The van der Waals surface area contributed by atoms with Crippen molar-refractivity contribution < 1.29 is 4.79 Å². The van der Waals surface area contributed by atoms with Gasteiger partial charge in [0.25, 0.3) is 0 Å². The van der Waals surface area contributed by atoms with Crippen LogP contribution in [0, 0.1) is 5.92 Å². The van der Waals surface area contributed by atoms with Crippen molar-refractivity contribution in [2.24, 2.45) is 5.92 Å². The predicted molar refractivity (Wildman–Crippen MR) is 45.2 cm³/mol. The number of allylic oxidation sites excluding steroid dienone is 1. The lowest BCUT2D eigenvalue weighted by molar-refractivity contribution is -0.122. The second-order valence-corrected chi connectivity index (χ2v) is 3.00. The molecule has 1 rings (SSSR count). The second-order valence-electron chi connectivity index (χ2n) is 3.00. The summed E-state index contributed by atoms with van der Waals surface area (Å²) in [5.41, 5.74) is 0. The van der Waals surface area contributed by atoms with Crippen LogP contribution in [0.25, 0.3) is 0 Å². The average Bonchev–Trinajstić information content (AvgIpc) is 2.37. The molecule has 0 radical (unpaired) electrons. The number of unbranched alkanes of at least 4 members (excludes halogenated alkanes) is 1. The van der Waals surface area contributed by atoms with Gasteiger partial charge in [-0.3, -0.25) is 4.79 Å². The Morgan fingerprint density at radius 1 is 1.73 bits per heavy atom. The molecule has 1 N–H and O–H groups in total. The van der Waals surface area contributed by atoms with Crippen LogP contribution in [0.2, 0.25) is 0 Å². The molecule has 2 nitrogen and oxygen atoms in total. The van der Waals surface area contributed by atoms with E-state index in [2.05, 4.69) is 11.9 Å². The smallest absolute Gasteiger partial charge is 0.223 e. The molecule has 0 spiro atoms. The third-order valence-corrected chi connectivity index (χ3v) is 2.12. The topological polar surface area (TPSA) is 29.1 Å². The summed E-state index contributed by atoms with van der Waals surface area (Å²) < 4.78 is 0. The molecule has 0 aromatic heterocycles. The lowest BCUT2D eigenvalue weighted by atomic mass is 10.0. The number of carbonyl (C=O) groups is 1. The lowest BCUT2D eigenvalue weighted by Gasteiger charge is -2.03. The van der Waals surface area contributed by atoms with E-state index in [1.54, 1.807) is 0 Å². The minimum absolute atomic E-state index is 0.245. The van der Waals surface area contributed by atoms with Gasteiger partial charge in [0.2, 0.25) is 5.91 Å². The van der Waals surface area contributed by atoms with Gasteiger partial charge in [-0.25, -0.2) is 0 Å². The SMILES string of the molecule is C=CCCCC1CCNC1=O. The Labute approximate surface area is 67.7 Å². The van der Waals surface area contributed by atoms with Crippen molar-refractivity contribution in [3.8, 4) is 0 Å². The van der Waals surface area contributed by atoms with Crippen molar-refractivity contribution >= 4 is 5.91 Å². The van der Waals surface area contributed by atoms with E-state index in [-0.39, 0.29) is 11.8 Å². The van der Waals surface area contributed by atoms with Crippen molar-refractivity contribution in [2.75, 3.05) is 6.54 Å². The fourth-order valence-electron chi connectivity index (χ4n) is 1.43. The van der Waals surface area contributed by atoms with Gasteiger partial charge < -0.3 is 5.32 Å². The van der Waals surface area contributed by atoms with E-state index in [4.69, 9.17) is 0 Å². The highest BCUT2D eigenvalue weighted by atomic mass is 16.2. The van der Waals surface area contributed by atoms with Gasteiger partial charge in [0.15, 0.2) is 0 Å². The number of carbonyl (C=O) groups excluding carboxylic acids is 1. The number of rotatable bonds is 4. The summed E-state index contributed by atoms with van der Waals surface area (Å²) >= 11 is 0. The van der Waals surface area contributed by atoms with Crippen LogP contribution in [-0.4, -0.2) is 12.5 Å². The van der Waals surface area contributed by atoms with Crippen LogP contribution < -0.4 is 5.32 Å². The zero-order valence-corrected chi connectivity index (χ0v) is 6.81. The summed E-state index contributed by atoms with van der Waals surface area (Å²) in [6.07, 6.45) is 6.09. The van der Waals surface area contributed by atoms with Gasteiger partial charge in [0.05, 0.1) is 0 Å². The summed E-state index contributed by atoms with van der Waals surface area (Å²) in [6.45, 7) is 4.52. The summed E-state index contributed by atoms with van der Waals surface area (Å²) in [4.78, 5) is 11.0. The lowest BCUT2D eigenvalue weighted by Crippen LogP contribution is -2.18. The Balaban J connectivity index is 2.15. The Morgan fingerprint density at radius 3 is 3.09 bits per heavy atom. The molecule has 1 unspecified atom stereocenters. The number of amides is 1. The fraction of sp³-hybridized carbons (Fsp3) is 0.667. The molecule has 1 fully saturated rings. The third-order valence-electron chi connectivity index (χ3n) is 2.12. The van der Waals surface area contributed by atoms with E-state index < -0.39 is 0 Å². The standard InChI is InChI=1S/C9H15NO/c1-2-3-4-5-8-6-7-10-9(8)11/h2,8H,1,3-7H2,(H,10,11). The van der Waals surface area contributed by atoms with Crippen molar-refractivity contribution in [2.45, 2.75) is 25.7 Å². The summed E-state index contributed by atoms with van der Waals surface area (Å²) in [6, 6.07) is 0. The van der Waals surface area contributed by atoms with Crippen LogP contribution in [0.4, 0.5) is 0 Å². The van der Waals surface area contributed by atoms with E-state index in [0.717, 1.165) is 32.2 Å². The van der Waals surface area contributed by atoms with Crippen LogP contribution in [0.1, 0.15) is 25.7 Å². The molecule has 1 atom stereocenters. The Hall–Kier alpha value is -0.790. The van der Waals surface area contributed by atoms with Gasteiger partial charge in [-0.1, -0.05) is 6.08 Å². The monoisotopic (exact) mass is 153 g/mol. The predicted octanol–water partition coefficient (Wildman–Crippen LogP) is 1.48. The van der Waals surface area contributed by atoms with Crippen LogP contribution >= 0.6 is 0 Å². The first-order chi connectivity index (χ1) is 5.34. The summed E-state index contributed by atoms with van der Waals surface area (Å²) in [5, 5.41) is 2.83. The number of hydrogen-bond donors (Lipinski definition) is 1. The minimum atomic E-state index is 0.245. The van der Waals surface area contributed by atoms with Crippen LogP contribution in [0.5, 0.6) is 0 Å². The molecule has 0 bridgehead atoms. The van der Waals surface area contributed by atoms with E-state index in [1.165, 1.54) is 0 Å². The minimum Gasteiger partial charge on any atom is -0.356 e. The maximum absolute atomic E-state index is 11.0. The molecule has 1 aliphatic heterocycles. The third kappa shape index (κ3) is 2.37. The molecule has 2 heteroatoms. The van der Waals surface area contributed by atoms with E-state index in [0.29, 0.717) is 0 Å².